The Morgan fingerprint density at radius 3 is 2.45 bits per heavy atom. The molecule has 8 heteroatoms. The van der Waals surface area contributed by atoms with Crippen molar-refractivity contribution < 1.29 is 4.79 Å². The van der Waals surface area contributed by atoms with Crippen LogP contribution in [0.15, 0.2) is 46.2 Å². The van der Waals surface area contributed by atoms with Crippen molar-refractivity contribution in [2.75, 3.05) is 6.54 Å². The Morgan fingerprint density at radius 2 is 1.73 bits per heavy atom. The molecule has 1 aliphatic heterocycles. The van der Waals surface area contributed by atoms with Crippen molar-refractivity contribution in [2.45, 2.75) is 77.0 Å². The molecule has 0 N–H and O–H groups in total. The van der Waals surface area contributed by atoms with Crippen molar-refractivity contribution >= 4 is 17.1 Å². The Hall–Kier alpha value is -3.16. The summed E-state index contributed by atoms with van der Waals surface area (Å²) in [4.78, 5) is 46.7. The van der Waals surface area contributed by atoms with Crippen molar-refractivity contribution in [3.8, 4) is 0 Å². The number of carbonyl (C=O) groups is 1. The van der Waals surface area contributed by atoms with E-state index in [1.165, 1.54) is 0 Å². The molecule has 2 aliphatic rings. The maximum absolute atomic E-state index is 13.6. The minimum absolute atomic E-state index is 0.126. The fraction of sp³-hybridized carbons (Fsp3) is 0.520. The van der Waals surface area contributed by atoms with Gasteiger partial charge in [-0.3, -0.25) is 14.2 Å². The van der Waals surface area contributed by atoms with Crippen molar-refractivity contribution in [3.63, 3.8) is 0 Å². The molecule has 1 aliphatic carbocycles. The molecule has 1 saturated carbocycles. The van der Waals surface area contributed by atoms with Gasteiger partial charge in [0.05, 0.1) is 12.9 Å². The van der Waals surface area contributed by atoms with Crippen LogP contribution in [0.25, 0.3) is 11.2 Å². The molecule has 0 radical (unpaired) electrons. The molecule has 8 nitrogen and oxygen atoms in total. The third kappa shape index (κ3) is 4.03. The van der Waals surface area contributed by atoms with E-state index in [0.717, 1.165) is 55.1 Å². The minimum atomic E-state index is -0.481. The average molecular weight is 450 g/mol. The smallest absolute Gasteiger partial charge is 0.333 e. The Labute approximate surface area is 192 Å². The van der Waals surface area contributed by atoms with E-state index in [1.807, 2.05) is 46.7 Å². The standard InChI is InChI=1S/C25H31N5O3/c1-18-9-7-8-14-27(18)21(31)16-29-24(32)22-23(26-17-30(22)20-12-5-6-13-20)28(25(29)33)15-19-10-3-2-4-11-19/h2-4,10-11,17-18,20H,5-9,12-16H2,1H3/t18-/m1/s1. The lowest BCUT2D eigenvalue weighted by Gasteiger charge is -2.33. The lowest BCUT2D eigenvalue weighted by Crippen LogP contribution is -2.48. The van der Waals surface area contributed by atoms with Crippen molar-refractivity contribution in [1.29, 1.82) is 0 Å². The number of hydrogen-bond acceptors (Lipinski definition) is 4. The van der Waals surface area contributed by atoms with Crippen LogP contribution in [-0.4, -0.2) is 42.1 Å². The highest BCUT2D eigenvalue weighted by Crippen LogP contribution is 2.31. The van der Waals surface area contributed by atoms with E-state index in [1.54, 1.807) is 10.9 Å². The summed E-state index contributed by atoms with van der Waals surface area (Å²) in [5.74, 6) is -0.168. The molecule has 2 fully saturated rings. The monoisotopic (exact) mass is 449 g/mol. The molecule has 1 atom stereocenters. The number of benzene rings is 1. The quantitative estimate of drug-likeness (QED) is 0.600. The molecule has 0 bridgehead atoms. The molecule has 174 valence electrons. The van der Waals surface area contributed by atoms with E-state index in [-0.39, 0.29) is 24.5 Å². The van der Waals surface area contributed by atoms with Crippen LogP contribution in [0, 0.1) is 0 Å². The van der Waals surface area contributed by atoms with Gasteiger partial charge in [-0.2, -0.15) is 0 Å². The summed E-state index contributed by atoms with van der Waals surface area (Å²) in [5, 5.41) is 0. The molecular weight excluding hydrogens is 418 g/mol. The van der Waals surface area contributed by atoms with Gasteiger partial charge in [0.2, 0.25) is 5.91 Å². The molecule has 3 heterocycles. The minimum Gasteiger partial charge on any atom is -0.338 e. The zero-order chi connectivity index (χ0) is 22.9. The van der Waals surface area contributed by atoms with Crippen molar-refractivity contribution in [3.05, 3.63) is 63.1 Å². The molecule has 1 saturated heterocycles. The summed E-state index contributed by atoms with van der Waals surface area (Å²) >= 11 is 0. The van der Waals surface area contributed by atoms with E-state index in [4.69, 9.17) is 0 Å². The molecular formula is C25H31N5O3. The summed E-state index contributed by atoms with van der Waals surface area (Å²) < 4.78 is 4.61. The van der Waals surface area contributed by atoms with Gasteiger partial charge in [0.1, 0.15) is 6.54 Å². The number of likely N-dealkylation sites (tertiary alicyclic amines) is 1. The number of carbonyl (C=O) groups excluding carboxylic acids is 1. The van der Waals surface area contributed by atoms with Crippen LogP contribution >= 0.6 is 0 Å². The largest absolute Gasteiger partial charge is 0.338 e. The van der Waals surface area contributed by atoms with E-state index in [9.17, 15) is 14.4 Å². The summed E-state index contributed by atoms with van der Waals surface area (Å²) in [5.41, 5.74) is 0.873. The van der Waals surface area contributed by atoms with Crippen LogP contribution in [0.5, 0.6) is 0 Å². The maximum atomic E-state index is 13.6. The van der Waals surface area contributed by atoms with Gasteiger partial charge < -0.3 is 9.47 Å². The molecule has 1 aromatic carbocycles. The highest BCUT2D eigenvalue weighted by Gasteiger charge is 2.27. The first-order valence-corrected chi connectivity index (χ1v) is 12.1. The molecule has 0 spiro atoms. The Morgan fingerprint density at radius 1 is 1.00 bits per heavy atom. The summed E-state index contributed by atoms with van der Waals surface area (Å²) in [6, 6.07) is 10.00. The van der Waals surface area contributed by atoms with Crippen molar-refractivity contribution in [1.82, 2.24) is 23.6 Å². The molecule has 3 aromatic rings. The van der Waals surface area contributed by atoms with Crippen LogP contribution in [0.2, 0.25) is 0 Å². The first-order chi connectivity index (χ1) is 16.0. The SMILES string of the molecule is C[C@@H]1CCCCN1C(=O)Cn1c(=O)c2c(ncn2C2CCCC2)n(Cc2ccccc2)c1=O. The van der Waals surface area contributed by atoms with Gasteiger partial charge in [0, 0.05) is 18.6 Å². The van der Waals surface area contributed by atoms with E-state index in [2.05, 4.69) is 4.98 Å². The number of hydrogen-bond donors (Lipinski definition) is 0. The number of aromatic nitrogens is 4. The predicted molar refractivity (Wildman–Crippen MR) is 126 cm³/mol. The number of rotatable bonds is 5. The molecule has 0 unspecified atom stereocenters. The highest BCUT2D eigenvalue weighted by atomic mass is 16.2. The first-order valence-electron chi connectivity index (χ1n) is 12.1. The fourth-order valence-electron chi connectivity index (χ4n) is 5.41. The Balaban J connectivity index is 1.62. The average Bonchev–Trinajstić information content (AvgIpc) is 3.50. The van der Waals surface area contributed by atoms with Crippen LogP contribution in [0.1, 0.15) is 63.5 Å². The van der Waals surface area contributed by atoms with Crippen LogP contribution in [0.4, 0.5) is 0 Å². The van der Waals surface area contributed by atoms with E-state index in [0.29, 0.717) is 24.3 Å². The summed E-state index contributed by atoms with van der Waals surface area (Å²) in [6.07, 6.45) is 8.92. The van der Waals surface area contributed by atoms with Crippen LogP contribution in [0.3, 0.4) is 0 Å². The molecule has 33 heavy (non-hydrogen) atoms. The second kappa shape index (κ2) is 9.00. The zero-order valence-electron chi connectivity index (χ0n) is 19.2. The Kier molecular flexibility index (Phi) is 5.91. The summed E-state index contributed by atoms with van der Waals surface area (Å²) in [7, 11) is 0. The van der Waals surface area contributed by atoms with Gasteiger partial charge in [-0.25, -0.2) is 14.3 Å². The topological polar surface area (TPSA) is 82.1 Å². The number of fused-ring (bicyclic) bond motifs is 1. The molecule has 1 amide bonds. The van der Waals surface area contributed by atoms with E-state index >= 15 is 0 Å². The predicted octanol–water partition coefficient (Wildman–Crippen LogP) is 2.92. The second-order valence-corrected chi connectivity index (χ2v) is 9.44. The maximum Gasteiger partial charge on any atom is 0.333 e. The van der Waals surface area contributed by atoms with Crippen LogP contribution in [-0.2, 0) is 17.9 Å². The molecule has 2 aromatic heterocycles. The highest BCUT2D eigenvalue weighted by molar-refractivity contribution is 5.77. The van der Waals surface area contributed by atoms with Gasteiger partial charge in [-0.1, -0.05) is 43.2 Å². The van der Waals surface area contributed by atoms with Gasteiger partial charge in [0.15, 0.2) is 11.2 Å². The van der Waals surface area contributed by atoms with E-state index < -0.39 is 11.2 Å². The number of amides is 1. The zero-order valence-corrected chi connectivity index (χ0v) is 19.2. The number of imidazole rings is 1. The Bertz CT molecular complexity index is 1270. The normalized spacial score (nSPS) is 19.4. The third-order valence-electron chi connectivity index (χ3n) is 7.26. The van der Waals surface area contributed by atoms with Gasteiger partial charge in [-0.15, -0.1) is 0 Å². The van der Waals surface area contributed by atoms with Crippen molar-refractivity contribution in [2.24, 2.45) is 0 Å². The fourth-order valence-corrected chi connectivity index (χ4v) is 5.41. The van der Waals surface area contributed by atoms with Gasteiger partial charge in [-0.05, 0) is 44.6 Å². The number of nitrogens with zero attached hydrogens (tertiary/aromatic N) is 5. The van der Waals surface area contributed by atoms with Gasteiger partial charge >= 0.3 is 5.69 Å². The lowest BCUT2D eigenvalue weighted by molar-refractivity contribution is -0.135. The lowest BCUT2D eigenvalue weighted by atomic mass is 10.0. The summed E-state index contributed by atoms with van der Waals surface area (Å²) in [6.45, 7) is 2.77. The molecule has 5 rings (SSSR count). The van der Waals surface area contributed by atoms with Gasteiger partial charge in [0.25, 0.3) is 5.56 Å². The second-order valence-electron chi connectivity index (χ2n) is 9.44. The third-order valence-corrected chi connectivity index (χ3v) is 7.26. The number of piperidine rings is 1. The van der Waals surface area contributed by atoms with Crippen LogP contribution < -0.4 is 11.2 Å². The first kappa shape index (κ1) is 21.7.